The van der Waals surface area contributed by atoms with Gasteiger partial charge in [0.25, 0.3) is 0 Å². The van der Waals surface area contributed by atoms with Crippen LogP contribution in [0.2, 0.25) is 0 Å². The maximum Gasteiger partial charge on any atom is 0.00617 e. The number of rotatable bonds is 4. The van der Waals surface area contributed by atoms with Gasteiger partial charge in [0.15, 0.2) is 0 Å². The smallest absolute Gasteiger partial charge is 0.00617 e. The van der Waals surface area contributed by atoms with Crippen molar-refractivity contribution in [2.75, 3.05) is 0 Å². The molecule has 0 radical (unpaired) electrons. The Balaban J connectivity index is 2.42. The van der Waals surface area contributed by atoms with E-state index in [1.165, 1.54) is 16.7 Å². The molecule has 2 rings (SSSR count). The summed E-state index contributed by atoms with van der Waals surface area (Å²) in [4.78, 5) is 0. The highest BCUT2D eigenvalue weighted by atomic mass is 14.2. The zero-order valence-corrected chi connectivity index (χ0v) is 11.0. The summed E-state index contributed by atoms with van der Waals surface area (Å²) in [5.41, 5.74) is 4.15. The lowest BCUT2D eigenvalue weighted by Gasteiger charge is -2.19. The average Bonchev–Trinajstić information content (AvgIpc) is 2.46. The van der Waals surface area contributed by atoms with Gasteiger partial charge in [-0.3, -0.25) is 0 Å². The first kappa shape index (κ1) is 12.6. The highest BCUT2D eigenvalue weighted by Crippen LogP contribution is 2.32. The Bertz CT molecular complexity index is 501. The minimum Gasteiger partial charge on any atom is -0.0991 e. The molecule has 1 aliphatic carbocycles. The van der Waals surface area contributed by atoms with Gasteiger partial charge in [0.05, 0.1) is 0 Å². The van der Waals surface area contributed by atoms with Crippen molar-refractivity contribution in [2.24, 2.45) is 0 Å². The molecule has 1 atom stereocenters. The second-order valence-corrected chi connectivity index (χ2v) is 4.52. The van der Waals surface area contributed by atoms with Crippen LogP contribution in [0.4, 0.5) is 0 Å². The van der Waals surface area contributed by atoms with Crippen LogP contribution in [0.5, 0.6) is 0 Å². The summed E-state index contributed by atoms with van der Waals surface area (Å²) in [6, 6.07) is 8.72. The average molecular weight is 236 g/mol. The molecule has 0 amide bonds. The molecular weight excluding hydrogens is 216 g/mol. The fourth-order valence-electron chi connectivity index (χ4n) is 2.46. The van der Waals surface area contributed by atoms with Crippen LogP contribution in [0, 0.1) is 0 Å². The molecule has 1 unspecified atom stereocenters. The van der Waals surface area contributed by atoms with Crippen LogP contribution in [-0.2, 0) is 0 Å². The van der Waals surface area contributed by atoms with E-state index in [1.807, 2.05) is 6.08 Å². The lowest BCUT2D eigenvalue weighted by Crippen LogP contribution is -2.01. The minimum absolute atomic E-state index is 0.506. The number of hydrogen-bond donors (Lipinski definition) is 0. The largest absolute Gasteiger partial charge is 0.0991 e. The van der Waals surface area contributed by atoms with Crippen molar-refractivity contribution in [1.29, 1.82) is 0 Å². The topological polar surface area (TPSA) is 0 Å². The minimum atomic E-state index is 0.506. The maximum atomic E-state index is 3.81. The van der Waals surface area contributed by atoms with Crippen molar-refractivity contribution in [3.63, 3.8) is 0 Å². The summed E-state index contributed by atoms with van der Waals surface area (Å²) in [6.07, 6.45) is 14.9. The molecule has 0 fully saturated rings. The molecule has 1 aliphatic rings. The van der Waals surface area contributed by atoms with Crippen molar-refractivity contribution in [2.45, 2.75) is 25.7 Å². The van der Waals surface area contributed by atoms with E-state index < -0.39 is 0 Å². The second kappa shape index (κ2) is 6.20. The third kappa shape index (κ3) is 2.70. The lowest BCUT2D eigenvalue weighted by atomic mass is 9.86. The third-order valence-electron chi connectivity index (χ3n) is 3.39. The molecule has 0 heterocycles. The number of allylic oxidation sites excluding steroid dienone is 7. The summed E-state index contributed by atoms with van der Waals surface area (Å²) in [6.45, 7) is 6.01. The molecule has 18 heavy (non-hydrogen) atoms. The Morgan fingerprint density at radius 3 is 2.83 bits per heavy atom. The van der Waals surface area contributed by atoms with Gasteiger partial charge in [-0.15, -0.1) is 0 Å². The fourth-order valence-corrected chi connectivity index (χ4v) is 2.46. The monoisotopic (exact) mass is 236 g/mol. The highest BCUT2D eigenvalue weighted by Gasteiger charge is 2.13. The van der Waals surface area contributed by atoms with Crippen molar-refractivity contribution in [3.8, 4) is 0 Å². The van der Waals surface area contributed by atoms with Gasteiger partial charge in [-0.1, -0.05) is 74.2 Å². The predicted molar refractivity (Wildman–Crippen MR) is 80.5 cm³/mol. The molecule has 0 spiro atoms. The summed E-state index contributed by atoms with van der Waals surface area (Å²) >= 11 is 0. The Morgan fingerprint density at radius 2 is 2.17 bits per heavy atom. The van der Waals surface area contributed by atoms with Crippen LogP contribution >= 0.6 is 0 Å². The van der Waals surface area contributed by atoms with E-state index in [9.17, 15) is 0 Å². The van der Waals surface area contributed by atoms with Crippen molar-refractivity contribution in [1.82, 2.24) is 0 Å². The van der Waals surface area contributed by atoms with Crippen LogP contribution in [0.25, 0.3) is 5.57 Å². The van der Waals surface area contributed by atoms with Gasteiger partial charge in [0, 0.05) is 5.92 Å². The van der Waals surface area contributed by atoms with Gasteiger partial charge in [0.2, 0.25) is 0 Å². The molecule has 92 valence electrons. The van der Waals surface area contributed by atoms with Crippen LogP contribution < -0.4 is 0 Å². The molecule has 0 aliphatic heterocycles. The van der Waals surface area contributed by atoms with Gasteiger partial charge < -0.3 is 0 Å². The highest BCUT2D eigenvalue weighted by molar-refractivity contribution is 5.70. The fraction of sp³-hybridized carbons (Fsp3) is 0.222. The third-order valence-corrected chi connectivity index (χ3v) is 3.39. The second-order valence-electron chi connectivity index (χ2n) is 4.52. The standard InChI is InChI=1S/C18H20/c1-3-10-15(4-2)17-13-8-9-14-18(17)16-11-6-5-7-12-16/h3,5-11,13-14,16H,1,4,12H2,2H3/b15-10+. The first-order valence-electron chi connectivity index (χ1n) is 6.61. The molecule has 0 saturated carbocycles. The van der Waals surface area contributed by atoms with Gasteiger partial charge >= 0.3 is 0 Å². The van der Waals surface area contributed by atoms with E-state index in [0.717, 1.165) is 12.8 Å². The summed E-state index contributed by atoms with van der Waals surface area (Å²) in [5.74, 6) is 0.506. The van der Waals surface area contributed by atoms with E-state index in [1.54, 1.807) is 0 Å². The van der Waals surface area contributed by atoms with Crippen LogP contribution in [0.3, 0.4) is 0 Å². The van der Waals surface area contributed by atoms with Crippen LogP contribution in [-0.4, -0.2) is 0 Å². The first-order valence-corrected chi connectivity index (χ1v) is 6.61. The Kier molecular flexibility index (Phi) is 4.35. The van der Waals surface area contributed by atoms with Crippen molar-refractivity contribution >= 4 is 5.57 Å². The van der Waals surface area contributed by atoms with Gasteiger partial charge in [-0.25, -0.2) is 0 Å². The lowest BCUT2D eigenvalue weighted by molar-refractivity contribution is 0.849. The van der Waals surface area contributed by atoms with E-state index in [4.69, 9.17) is 0 Å². The van der Waals surface area contributed by atoms with E-state index in [-0.39, 0.29) is 0 Å². The molecule has 0 heteroatoms. The number of hydrogen-bond acceptors (Lipinski definition) is 0. The maximum absolute atomic E-state index is 3.81. The summed E-state index contributed by atoms with van der Waals surface area (Å²) in [5, 5.41) is 0. The van der Waals surface area contributed by atoms with E-state index in [2.05, 4.69) is 68.1 Å². The first-order chi connectivity index (χ1) is 8.86. The SMILES string of the molecule is C=C/C=C(\CC)c1ccccc1C1C=CC=CC1. The van der Waals surface area contributed by atoms with Crippen LogP contribution in [0.1, 0.15) is 36.8 Å². The van der Waals surface area contributed by atoms with Crippen LogP contribution in [0.15, 0.2) is 67.3 Å². The van der Waals surface area contributed by atoms with Crippen molar-refractivity contribution < 1.29 is 0 Å². The molecule has 0 saturated heterocycles. The molecule has 0 nitrogen and oxygen atoms in total. The van der Waals surface area contributed by atoms with Gasteiger partial charge in [0.1, 0.15) is 0 Å². The predicted octanol–water partition coefficient (Wildman–Crippen LogP) is 5.27. The zero-order chi connectivity index (χ0) is 12.8. The van der Waals surface area contributed by atoms with Crippen molar-refractivity contribution in [3.05, 3.63) is 78.4 Å². The molecule has 0 N–H and O–H groups in total. The molecule has 1 aromatic rings. The normalized spacial score (nSPS) is 18.9. The number of benzene rings is 1. The molecule has 1 aromatic carbocycles. The molecule has 0 bridgehead atoms. The van der Waals surface area contributed by atoms with E-state index >= 15 is 0 Å². The van der Waals surface area contributed by atoms with Gasteiger partial charge in [-0.2, -0.15) is 0 Å². The summed E-state index contributed by atoms with van der Waals surface area (Å²) < 4.78 is 0. The quantitative estimate of drug-likeness (QED) is 0.625. The molecule has 0 aromatic heterocycles. The molecular formula is C18H20. The van der Waals surface area contributed by atoms with Gasteiger partial charge in [-0.05, 0) is 29.5 Å². The Morgan fingerprint density at radius 1 is 1.33 bits per heavy atom. The Labute approximate surface area is 110 Å². The summed E-state index contributed by atoms with van der Waals surface area (Å²) in [7, 11) is 0. The van der Waals surface area contributed by atoms with E-state index in [0.29, 0.717) is 5.92 Å². The zero-order valence-electron chi connectivity index (χ0n) is 11.0. The Hall–Kier alpha value is -1.82.